The molecule has 0 heterocycles. The second-order valence-electron chi connectivity index (χ2n) is 4.72. The summed E-state index contributed by atoms with van der Waals surface area (Å²) in [4.78, 5) is 11.7. The van der Waals surface area contributed by atoms with Gasteiger partial charge in [-0.2, -0.15) is 5.10 Å². The third-order valence-corrected chi connectivity index (χ3v) is 3.68. The normalized spacial score (nSPS) is 10.7. The molecule has 6 heteroatoms. The van der Waals surface area contributed by atoms with Crippen LogP contribution in [0.2, 0.25) is 0 Å². The van der Waals surface area contributed by atoms with Gasteiger partial charge in [0.2, 0.25) is 0 Å². The molecule has 0 spiro atoms. The zero-order valence-corrected chi connectivity index (χ0v) is 14.1. The summed E-state index contributed by atoms with van der Waals surface area (Å²) in [6, 6.07) is 11.8. The van der Waals surface area contributed by atoms with Gasteiger partial charge in [-0.05, 0) is 46.1 Å². The van der Waals surface area contributed by atoms with Crippen LogP contribution in [-0.2, 0) is 11.2 Å². The molecule has 0 aliphatic heterocycles. The van der Waals surface area contributed by atoms with Gasteiger partial charge in [0.05, 0.1) is 10.7 Å². The monoisotopic (exact) mass is 378 g/mol. The fourth-order valence-electron chi connectivity index (χ4n) is 1.81. The smallest absolute Gasteiger partial charge is 0.277 e. The molecule has 2 aromatic rings. The third-order valence-electron chi connectivity index (χ3n) is 3.06. The minimum Gasteiger partial charge on any atom is -0.483 e. The van der Waals surface area contributed by atoms with E-state index in [0.717, 1.165) is 10.9 Å². The summed E-state index contributed by atoms with van der Waals surface area (Å²) in [5.74, 6) is -0.249. The first-order valence-electron chi connectivity index (χ1n) is 7.07. The van der Waals surface area contributed by atoms with Crippen molar-refractivity contribution in [1.82, 2.24) is 5.43 Å². The highest BCUT2D eigenvalue weighted by molar-refractivity contribution is 9.10. The summed E-state index contributed by atoms with van der Waals surface area (Å²) in [5.41, 5.74) is 3.76. The van der Waals surface area contributed by atoms with Crippen molar-refractivity contribution in [2.45, 2.75) is 13.3 Å². The number of hydrogen-bond acceptors (Lipinski definition) is 3. The fourth-order valence-corrected chi connectivity index (χ4v) is 2.35. The lowest BCUT2D eigenvalue weighted by Crippen LogP contribution is -2.24. The molecule has 2 rings (SSSR count). The second-order valence-corrected chi connectivity index (χ2v) is 5.58. The van der Waals surface area contributed by atoms with E-state index in [1.54, 1.807) is 24.3 Å². The number of hydrazone groups is 1. The molecule has 4 nitrogen and oxygen atoms in total. The summed E-state index contributed by atoms with van der Waals surface area (Å²) in [6.07, 6.45) is 2.17. The van der Waals surface area contributed by atoms with Gasteiger partial charge in [0.1, 0.15) is 11.6 Å². The average Bonchev–Trinajstić information content (AvgIpc) is 2.55. The highest BCUT2D eigenvalue weighted by Crippen LogP contribution is 2.26. The molecule has 0 aliphatic rings. The molecule has 0 atom stereocenters. The van der Waals surface area contributed by atoms with Gasteiger partial charge in [-0.25, -0.2) is 9.82 Å². The van der Waals surface area contributed by atoms with Gasteiger partial charge in [-0.3, -0.25) is 4.79 Å². The van der Waals surface area contributed by atoms with Crippen LogP contribution in [0.5, 0.6) is 5.75 Å². The lowest BCUT2D eigenvalue weighted by molar-refractivity contribution is -0.123. The predicted molar refractivity (Wildman–Crippen MR) is 91.2 cm³/mol. The van der Waals surface area contributed by atoms with E-state index in [4.69, 9.17) is 4.74 Å². The van der Waals surface area contributed by atoms with Gasteiger partial charge in [-0.1, -0.05) is 31.2 Å². The largest absolute Gasteiger partial charge is 0.483 e. The van der Waals surface area contributed by atoms with Crippen molar-refractivity contribution in [3.8, 4) is 5.75 Å². The Hall–Kier alpha value is -2.21. The van der Waals surface area contributed by atoms with E-state index >= 15 is 0 Å². The molecule has 0 saturated carbocycles. The van der Waals surface area contributed by atoms with Gasteiger partial charge in [0, 0.05) is 5.56 Å². The molecule has 0 aliphatic carbocycles. The third kappa shape index (κ3) is 5.17. The van der Waals surface area contributed by atoms with Gasteiger partial charge in [0.15, 0.2) is 6.61 Å². The van der Waals surface area contributed by atoms with Crippen molar-refractivity contribution in [2.75, 3.05) is 6.61 Å². The molecule has 1 amide bonds. The van der Waals surface area contributed by atoms with Crippen LogP contribution in [-0.4, -0.2) is 18.7 Å². The second kappa shape index (κ2) is 8.43. The van der Waals surface area contributed by atoms with Crippen molar-refractivity contribution in [3.05, 3.63) is 63.9 Å². The minimum absolute atomic E-state index is 0.182. The van der Waals surface area contributed by atoms with E-state index in [0.29, 0.717) is 11.3 Å². The molecule has 0 aromatic heterocycles. The summed E-state index contributed by atoms with van der Waals surface area (Å²) in [6.45, 7) is 1.88. The average molecular weight is 379 g/mol. The number of halogens is 2. The molecule has 1 N–H and O–H groups in total. The number of benzene rings is 2. The Morgan fingerprint density at radius 3 is 2.83 bits per heavy atom. The summed E-state index contributed by atoms with van der Waals surface area (Å²) >= 11 is 3.40. The van der Waals surface area contributed by atoms with Crippen LogP contribution in [0.1, 0.15) is 18.1 Å². The fraction of sp³-hybridized carbons (Fsp3) is 0.176. The number of ether oxygens (including phenoxy) is 1. The van der Waals surface area contributed by atoms with Gasteiger partial charge in [-0.15, -0.1) is 0 Å². The van der Waals surface area contributed by atoms with Crippen LogP contribution in [0.25, 0.3) is 0 Å². The zero-order valence-electron chi connectivity index (χ0n) is 12.6. The Morgan fingerprint density at radius 1 is 1.35 bits per heavy atom. The molecule has 0 radical (unpaired) electrons. The Morgan fingerprint density at radius 2 is 2.13 bits per heavy atom. The number of nitrogens with zero attached hydrogens (tertiary/aromatic N) is 1. The molecule has 2 aromatic carbocycles. The van der Waals surface area contributed by atoms with Crippen molar-refractivity contribution >= 4 is 28.1 Å². The maximum Gasteiger partial charge on any atom is 0.277 e. The van der Waals surface area contributed by atoms with E-state index in [1.807, 2.05) is 12.1 Å². The standard InChI is InChI=1S/C17H16BrFN2O2/c1-2-12-7-8-16(14(18)9-12)23-11-17(22)21-20-10-13-5-3-4-6-15(13)19/h3-10H,2,11H2,1H3,(H,21,22)/b20-10+. The van der Waals surface area contributed by atoms with Gasteiger partial charge < -0.3 is 4.74 Å². The summed E-state index contributed by atoms with van der Waals surface area (Å²) in [7, 11) is 0. The minimum atomic E-state index is -0.427. The van der Waals surface area contributed by atoms with E-state index < -0.39 is 11.7 Å². The first kappa shape index (κ1) is 17.1. The van der Waals surface area contributed by atoms with Crippen molar-refractivity contribution in [2.24, 2.45) is 5.10 Å². The van der Waals surface area contributed by atoms with Gasteiger partial charge in [0.25, 0.3) is 5.91 Å². The topological polar surface area (TPSA) is 50.7 Å². The molecule has 120 valence electrons. The first-order valence-corrected chi connectivity index (χ1v) is 7.87. The van der Waals surface area contributed by atoms with E-state index in [9.17, 15) is 9.18 Å². The van der Waals surface area contributed by atoms with Crippen molar-refractivity contribution < 1.29 is 13.9 Å². The predicted octanol–water partition coefficient (Wildman–Crippen LogP) is 3.68. The molecule has 0 bridgehead atoms. The van der Waals surface area contributed by atoms with Crippen LogP contribution < -0.4 is 10.2 Å². The van der Waals surface area contributed by atoms with Crippen LogP contribution in [0.4, 0.5) is 4.39 Å². The summed E-state index contributed by atoms with van der Waals surface area (Å²) < 4.78 is 19.6. The van der Waals surface area contributed by atoms with Crippen LogP contribution in [0.15, 0.2) is 52.0 Å². The van der Waals surface area contributed by atoms with Crippen molar-refractivity contribution in [1.29, 1.82) is 0 Å². The van der Waals surface area contributed by atoms with Crippen LogP contribution in [0.3, 0.4) is 0 Å². The Labute approximate surface area is 142 Å². The Balaban J connectivity index is 1.85. The number of carbonyl (C=O) groups excluding carboxylic acids is 1. The van der Waals surface area contributed by atoms with Crippen molar-refractivity contribution in [3.63, 3.8) is 0 Å². The maximum atomic E-state index is 13.4. The highest BCUT2D eigenvalue weighted by atomic mass is 79.9. The van der Waals surface area contributed by atoms with E-state index in [2.05, 4.69) is 33.4 Å². The lowest BCUT2D eigenvalue weighted by atomic mass is 10.2. The number of nitrogens with one attached hydrogen (secondary N) is 1. The quantitative estimate of drug-likeness (QED) is 0.615. The number of rotatable bonds is 6. The molecular formula is C17H16BrFN2O2. The maximum absolute atomic E-state index is 13.4. The number of hydrogen-bond donors (Lipinski definition) is 1. The summed E-state index contributed by atoms with van der Waals surface area (Å²) in [5, 5.41) is 3.71. The molecular weight excluding hydrogens is 363 g/mol. The van der Waals surface area contributed by atoms with Gasteiger partial charge >= 0.3 is 0 Å². The molecule has 0 unspecified atom stereocenters. The Bertz CT molecular complexity index is 719. The van der Waals surface area contributed by atoms with Crippen LogP contribution in [0, 0.1) is 5.82 Å². The SMILES string of the molecule is CCc1ccc(OCC(=O)N/N=C/c2ccccc2F)c(Br)c1. The van der Waals surface area contributed by atoms with E-state index in [1.165, 1.54) is 17.8 Å². The zero-order chi connectivity index (χ0) is 16.7. The molecule has 0 fully saturated rings. The number of amides is 1. The van der Waals surface area contributed by atoms with Crippen LogP contribution >= 0.6 is 15.9 Å². The highest BCUT2D eigenvalue weighted by Gasteiger charge is 2.05. The lowest BCUT2D eigenvalue weighted by Gasteiger charge is -2.08. The first-order chi connectivity index (χ1) is 11.1. The molecule has 0 saturated heterocycles. The molecule has 23 heavy (non-hydrogen) atoms. The number of aryl methyl sites for hydroxylation is 1. The number of carbonyl (C=O) groups is 1. The Kier molecular flexibility index (Phi) is 6.29. The van der Waals surface area contributed by atoms with E-state index in [-0.39, 0.29) is 6.61 Å².